The van der Waals surface area contributed by atoms with E-state index in [1.807, 2.05) is 13.8 Å². The Balaban J connectivity index is 2.02. The van der Waals surface area contributed by atoms with E-state index in [1.54, 1.807) is 18.4 Å². The normalized spacial score (nSPS) is 10.8. The SMILES string of the molecule is CC(C)c1ncoc1C(=O)NCc1ccco1. The molecule has 0 aliphatic carbocycles. The maximum absolute atomic E-state index is 11.8. The van der Waals surface area contributed by atoms with Gasteiger partial charge in [-0.1, -0.05) is 13.8 Å². The van der Waals surface area contributed by atoms with Gasteiger partial charge < -0.3 is 14.2 Å². The topological polar surface area (TPSA) is 68.3 Å². The van der Waals surface area contributed by atoms with Crippen LogP contribution in [0.2, 0.25) is 0 Å². The van der Waals surface area contributed by atoms with Crippen molar-refractivity contribution in [3.63, 3.8) is 0 Å². The molecule has 1 amide bonds. The second kappa shape index (κ2) is 4.86. The molecule has 2 rings (SSSR count). The number of nitrogens with one attached hydrogen (secondary N) is 1. The second-order valence-corrected chi connectivity index (χ2v) is 3.98. The second-order valence-electron chi connectivity index (χ2n) is 3.98. The summed E-state index contributed by atoms with van der Waals surface area (Å²) in [5.74, 6) is 0.844. The van der Waals surface area contributed by atoms with Gasteiger partial charge in [0.1, 0.15) is 5.76 Å². The van der Waals surface area contributed by atoms with Gasteiger partial charge in [0.25, 0.3) is 5.91 Å². The molecule has 0 aliphatic rings. The zero-order valence-electron chi connectivity index (χ0n) is 9.77. The Morgan fingerprint density at radius 1 is 1.47 bits per heavy atom. The summed E-state index contributed by atoms with van der Waals surface area (Å²) in [7, 11) is 0. The largest absolute Gasteiger partial charge is 0.467 e. The summed E-state index contributed by atoms with van der Waals surface area (Å²) >= 11 is 0. The van der Waals surface area contributed by atoms with Gasteiger partial charge in [-0.15, -0.1) is 0 Å². The highest BCUT2D eigenvalue weighted by Crippen LogP contribution is 2.17. The van der Waals surface area contributed by atoms with Crippen molar-refractivity contribution in [2.45, 2.75) is 26.3 Å². The summed E-state index contributed by atoms with van der Waals surface area (Å²) in [5.41, 5.74) is 0.668. The van der Waals surface area contributed by atoms with Gasteiger partial charge in [-0.3, -0.25) is 4.79 Å². The van der Waals surface area contributed by atoms with Crippen molar-refractivity contribution < 1.29 is 13.6 Å². The van der Waals surface area contributed by atoms with Crippen LogP contribution in [0.3, 0.4) is 0 Å². The molecule has 0 saturated carbocycles. The number of amides is 1. The molecule has 2 aromatic rings. The van der Waals surface area contributed by atoms with Crippen LogP contribution in [-0.2, 0) is 6.54 Å². The van der Waals surface area contributed by atoms with Crippen LogP contribution in [0, 0.1) is 0 Å². The van der Waals surface area contributed by atoms with E-state index in [2.05, 4.69) is 10.3 Å². The molecule has 0 atom stereocenters. The molecule has 1 N–H and O–H groups in total. The molecule has 0 fully saturated rings. The van der Waals surface area contributed by atoms with Gasteiger partial charge in [0.2, 0.25) is 5.76 Å². The Bertz CT molecular complexity index is 486. The number of rotatable bonds is 4. The number of furan rings is 1. The Labute approximate surface area is 98.8 Å². The van der Waals surface area contributed by atoms with Crippen molar-refractivity contribution in [3.8, 4) is 0 Å². The van der Waals surface area contributed by atoms with Crippen molar-refractivity contribution in [2.75, 3.05) is 0 Å². The molecule has 17 heavy (non-hydrogen) atoms. The molecule has 0 bridgehead atoms. The van der Waals surface area contributed by atoms with E-state index in [4.69, 9.17) is 8.83 Å². The van der Waals surface area contributed by atoms with E-state index in [-0.39, 0.29) is 17.6 Å². The van der Waals surface area contributed by atoms with Gasteiger partial charge in [-0.25, -0.2) is 4.98 Å². The summed E-state index contributed by atoms with van der Waals surface area (Å²) < 4.78 is 10.2. The van der Waals surface area contributed by atoms with Gasteiger partial charge in [-0.05, 0) is 18.1 Å². The molecule has 2 heterocycles. The first kappa shape index (κ1) is 11.4. The Kier molecular flexibility index (Phi) is 3.27. The van der Waals surface area contributed by atoms with E-state index in [0.29, 0.717) is 18.0 Å². The predicted molar refractivity (Wildman–Crippen MR) is 60.5 cm³/mol. The number of carbonyl (C=O) groups excluding carboxylic acids is 1. The minimum Gasteiger partial charge on any atom is -0.467 e. The fraction of sp³-hybridized carbons (Fsp3) is 0.333. The Morgan fingerprint density at radius 3 is 2.94 bits per heavy atom. The molecule has 0 aromatic carbocycles. The standard InChI is InChI=1S/C12H14N2O3/c1-8(2)10-11(17-7-14-10)12(15)13-6-9-4-3-5-16-9/h3-5,7-8H,6H2,1-2H3,(H,13,15). The van der Waals surface area contributed by atoms with Gasteiger partial charge in [0.05, 0.1) is 18.5 Å². The lowest BCUT2D eigenvalue weighted by Crippen LogP contribution is -2.23. The molecule has 0 saturated heterocycles. The summed E-state index contributed by atoms with van der Waals surface area (Å²) in [6.07, 6.45) is 2.85. The van der Waals surface area contributed by atoms with Crippen LogP contribution in [0.15, 0.2) is 33.6 Å². The van der Waals surface area contributed by atoms with Crippen molar-refractivity contribution in [2.24, 2.45) is 0 Å². The number of hydrogen-bond donors (Lipinski definition) is 1. The molecular weight excluding hydrogens is 220 g/mol. The Morgan fingerprint density at radius 2 is 2.29 bits per heavy atom. The van der Waals surface area contributed by atoms with Gasteiger partial charge >= 0.3 is 0 Å². The zero-order chi connectivity index (χ0) is 12.3. The number of oxazole rings is 1. The maximum Gasteiger partial charge on any atom is 0.289 e. The van der Waals surface area contributed by atoms with Crippen LogP contribution in [-0.4, -0.2) is 10.9 Å². The maximum atomic E-state index is 11.8. The van der Waals surface area contributed by atoms with Crippen LogP contribution in [0.1, 0.15) is 41.8 Å². The van der Waals surface area contributed by atoms with Crippen LogP contribution >= 0.6 is 0 Å². The molecule has 5 heteroatoms. The lowest BCUT2D eigenvalue weighted by atomic mass is 10.1. The highest BCUT2D eigenvalue weighted by Gasteiger charge is 2.18. The Hall–Kier alpha value is -2.04. The molecular formula is C12H14N2O3. The van der Waals surface area contributed by atoms with Crippen molar-refractivity contribution >= 4 is 5.91 Å². The first-order valence-electron chi connectivity index (χ1n) is 5.42. The van der Waals surface area contributed by atoms with Crippen molar-refractivity contribution in [3.05, 3.63) is 42.0 Å². The minimum atomic E-state index is -0.275. The fourth-order valence-corrected chi connectivity index (χ4v) is 1.50. The van der Waals surface area contributed by atoms with E-state index >= 15 is 0 Å². The highest BCUT2D eigenvalue weighted by molar-refractivity contribution is 5.92. The summed E-state index contributed by atoms with van der Waals surface area (Å²) in [6, 6.07) is 3.57. The number of nitrogens with zero attached hydrogens (tertiary/aromatic N) is 1. The number of carbonyl (C=O) groups is 1. The third-order valence-electron chi connectivity index (χ3n) is 2.35. The third kappa shape index (κ3) is 2.55. The van der Waals surface area contributed by atoms with Gasteiger partial charge in [0.15, 0.2) is 6.39 Å². The average molecular weight is 234 g/mol. The van der Waals surface area contributed by atoms with E-state index in [1.165, 1.54) is 6.39 Å². The number of hydrogen-bond acceptors (Lipinski definition) is 4. The molecule has 90 valence electrons. The smallest absolute Gasteiger partial charge is 0.289 e. The zero-order valence-corrected chi connectivity index (χ0v) is 9.77. The lowest BCUT2D eigenvalue weighted by molar-refractivity contribution is 0.0918. The molecule has 0 radical (unpaired) electrons. The van der Waals surface area contributed by atoms with Gasteiger partial charge in [0, 0.05) is 0 Å². The van der Waals surface area contributed by atoms with Crippen LogP contribution in [0.4, 0.5) is 0 Å². The van der Waals surface area contributed by atoms with Crippen LogP contribution in [0.25, 0.3) is 0 Å². The minimum absolute atomic E-state index is 0.151. The van der Waals surface area contributed by atoms with E-state index in [0.717, 1.165) is 0 Å². The summed E-state index contributed by atoms with van der Waals surface area (Å²) in [5, 5.41) is 2.72. The van der Waals surface area contributed by atoms with Crippen LogP contribution in [0.5, 0.6) is 0 Å². The van der Waals surface area contributed by atoms with E-state index in [9.17, 15) is 4.79 Å². The average Bonchev–Trinajstić information content (AvgIpc) is 2.96. The van der Waals surface area contributed by atoms with Crippen molar-refractivity contribution in [1.82, 2.24) is 10.3 Å². The third-order valence-corrected chi connectivity index (χ3v) is 2.35. The number of aromatic nitrogens is 1. The molecule has 0 aliphatic heterocycles. The first-order chi connectivity index (χ1) is 8.18. The molecule has 0 unspecified atom stereocenters. The molecule has 2 aromatic heterocycles. The molecule has 5 nitrogen and oxygen atoms in total. The predicted octanol–water partition coefficient (Wildman–Crippen LogP) is 2.32. The summed E-state index contributed by atoms with van der Waals surface area (Å²) in [4.78, 5) is 15.9. The summed E-state index contributed by atoms with van der Waals surface area (Å²) in [6.45, 7) is 4.26. The van der Waals surface area contributed by atoms with Crippen LogP contribution < -0.4 is 5.32 Å². The van der Waals surface area contributed by atoms with Gasteiger partial charge in [-0.2, -0.15) is 0 Å². The lowest BCUT2D eigenvalue weighted by Gasteiger charge is -2.04. The highest BCUT2D eigenvalue weighted by atomic mass is 16.4. The first-order valence-corrected chi connectivity index (χ1v) is 5.42. The molecule has 0 spiro atoms. The fourth-order valence-electron chi connectivity index (χ4n) is 1.50. The van der Waals surface area contributed by atoms with Crippen molar-refractivity contribution in [1.29, 1.82) is 0 Å². The quantitative estimate of drug-likeness (QED) is 0.881. The monoisotopic (exact) mass is 234 g/mol. The van der Waals surface area contributed by atoms with E-state index < -0.39 is 0 Å².